The van der Waals surface area contributed by atoms with Crippen LogP contribution in [-0.4, -0.2) is 44.0 Å². The predicted molar refractivity (Wildman–Crippen MR) is 125 cm³/mol. The van der Waals surface area contributed by atoms with E-state index in [9.17, 15) is 4.79 Å². The second-order valence-corrected chi connectivity index (χ2v) is 8.01. The molecule has 166 valence electrons. The topological polar surface area (TPSA) is 66.0 Å². The average molecular weight is 423 g/mol. The van der Waals surface area contributed by atoms with E-state index in [0.29, 0.717) is 12.3 Å². The molecule has 0 saturated carbocycles. The lowest BCUT2D eigenvalue weighted by molar-refractivity contribution is -0.131. The van der Waals surface area contributed by atoms with Gasteiger partial charge in [0.2, 0.25) is 5.91 Å². The van der Waals surface area contributed by atoms with Gasteiger partial charge in [-0.15, -0.1) is 0 Å². The van der Waals surface area contributed by atoms with E-state index in [2.05, 4.69) is 46.8 Å². The number of nitrogens with zero attached hydrogens (tertiary/aromatic N) is 2. The highest BCUT2D eigenvalue weighted by Crippen LogP contribution is 2.23. The summed E-state index contributed by atoms with van der Waals surface area (Å²) >= 11 is 0. The number of carbonyl (C=O) groups excluding carboxylic acids is 1. The minimum Gasteiger partial charge on any atom is -0.497 e. The molecule has 1 unspecified atom stereocenters. The number of benzene rings is 2. The molecule has 1 atom stereocenters. The first-order chi connectivity index (χ1) is 15.1. The molecule has 0 bridgehead atoms. The van der Waals surface area contributed by atoms with Crippen LogP contribution in [0.25, 0.3) is 0 Å². The summed E-state index contributed by atoms with van der Waals surface area (Å²) in [6.07, 6.45) is 2.34. The zero-order valence-electron chi connectivity index (χ0n) is 18.9. The van der Waals surface area contributed by atoms with Gasteiger partial charge in [-0.2, -0.15) is 0 Å². The summed E-state index contributed by atoms with van der Waals surface area (Å²) in [6, 6.07) is 16.5. The van der Waals surface area contributed by atoms with E-state index >= 15 is 0 Å². The first-order valence-corrected chi connectivity index (χ1v) is 11.0. The molecule has 2 aromatic rings. The fourth-order valence-corrected chi connectivity index (χ4v) is 3.84. The molecule has 0 fully saturated rings. The van der Waals surface area contributed by atoms with Gasteiger partial charge >= 0.3 is 0 Å². The van der Waals surface area contributed by atoms with Gasteiger partial charge in [0.05, 0.1) is 7.11 Å². The van der Waals surface area contributed by atoms with Crippen molar-refractivity contribution in [2.24, 2.45) is 4.99 Å². The molecule has 1 amide bonds. The molecule has 31 heavy (non-hydrogen) atoms. The summed E-state index contributed by atoms with van der Waals surface area (Å²) in [5, 5.41) is 6.68. The maximum atomic E-state index is 12.5. The molecule has 1 aliphatic rings. The second kappa shape index (κ2) is 11.4. The lowest BCUT2D eigenvalue weighted by atomic mass is 9.98. The highest BCUT2D eigenvalue weighted by atomic mass is 16.5. The van der Waals surface area contributed by atoms with E-state index < -0.39 is 0 Å². The third-order valence-corrected chi connectivity index (χ3v) is 5.83. The van der Waals surface area contributed by atoms with Crippen molar-refractivity contribution < 1.29 is 9.53 Å². The monoisotopic (exact) mass is 422 g/mol. The van der Waals surface area contributed by atoms with E-state index in [4.69, 9.17) is 4.74 Å². The number of amides is 1. The van der Waals surface area contributed by atoms with Crippen molar-refractivity contribution in [1.82, 2.24) is 15.5 Å². The van der Waals surface area contributed by atoms with Crippen LogP contribution in [0.15, 0.2) is 53.5 Å². The molecule has 6 nitrogen and oxygen atoms in total. The Hall–Kier alpha value is -3.02. The summed E-state index contributed by atoms with van der Waals surface area (Å²) in [5.74, 6) is 2.32. The number of carbonyl (C=O) groups is 1. The van der Waals surface area contributed by atoms with Crippen molar-refractivity contribution in [3.05, 3.63) is 65.2 Å². The zero-order valence-corrected chi connectivity index (χ0v) is 18.9. The molecule has 6 heteroatoms. The largest absolute Gasteiger partial charge is 0.497 e. The van der Waals surface area contributed by atoms with Crippen LogP contribution in [0.2, 0.25) is 0 Å². The summed E-state index contributed by atoms with van der Waals surface area (Å²) < 4.78 is 5.22. The number of ether oxygens (including phenoxy) is 1. The summed E-state index contributed by atoms with van der Waals surface area (Å²) in [7, 11) is 3.46. The van der Waals surface area contributed by atoms with Crippen LogP contribution in [0.3, 0.4) is 0 Å². The number of rotatable bonds is 9. The van der Waals surface area contributed by atoms with Crippen LogP contribution in [0, 0.1) is 0 Å². The summed E-state index contributed by atoms with van der Waals surface area (Å²) in [4.78, 5) is 18.7. The lowest BCUT2D eigenvalue weighted by Gasteiger charge is -2.17. The number of hydrogen-bond acceptors (Lipinski definition) is 3. The number of guanidine groups is 1. The van der Waals surface area contributed by atoms with Gasteiger partial charge in [0.25, 0.3) is 0 Å². The summed E-state index contributed by atoms with van der Waals surface area (Å²) in [5.41, 5.74) is 3.83. The smallest absolute Gasteiger partial charge is 0.223 e. The molecule has 0 aliphatic carbocycles. The maximum absolute atomic E-state index is 12.5. The lowest BCUT2D eigenvalue weighted by Crippen LogP contribution is -2.38. The van der Waals surface area contributed by atoms with E-state index in [1.165, 1.54) is 16.7 Å². The Morgan fingerprint density at radius 2 is 1.71 bits per heavy atom. The van der Waals surface area contributed by atoms with Gasteiger partial charge in [0.1, 0.15) is 5.75 Å². The van der Waals surface area contributed by atoms with Gasteiger partial charge in [-0.3, -0.25) is 9.79 Å². The third-order valence-electron chi connectivity index (χ3n) is 5.83. The molecule has 0 spiro atoms. The number of aliphatic imine (C=N–C) groups is 1. The highest BCUT2D eigenvalue weighted by molar-refractivity contribution is 5.80. The third kappa shape index (κ3) is 6.48. The fourth-order valence-electron chi connectivity index (χ4n) is 3.84. The Balaban J connectivity index is 1.31. The molecule has 3 rings (SSSR count). The second-order valence-electron chi connectivity index (χ2n) is 8.01. The average Bonchev–Trinajstić information content (AvgIpc) is 3.25. The van der Waals surface area contributed by atoms with Gasteiger partial charge in [0, 0.05) is 39.6 Å². The molecular formula is C25H34N4O2. The van der Waals surface area contributed by atoms with Crippen molar-refractivity contribution in [2.75, 3.05) is 27.2 Å². The predicted octanol–water partition coefficient (Wildman–Crippen LogP) is 3.68. The number of fused-ring (bicyclic) bond motifs is 1. The van der Waals surface area contributed by atoms with Gasteiger partial charge in [-0.05, 0) is 47.6 Å². The highest BCUT2D eigenvalue weighted by Gasteiger charge is 2.22. The summed E-state index contributed by atoms with van der Waals surface area (Å²) in [6.45, 7) is 5.25. The Morgan fingerprint density at radius 1 is 1.06 bits per heavy atom. The number of hydrogen-bond donors (Lipinski definition) is 2. The van der Waals surface area contributed by atoms with Gasteiger partial charge < -0.3 is 20.3 Å². The SMILES string of the molecule is CN=C(NCCCC(=O)N1Cc2ccccc2C1)NCCC(C)c1ccc(OC)cc1. The quantitative estimate of drug-likeness (QED) is 0.368. The fraction of sp³-hybridized carbons (Fsp3) is 0.440. The van der Waals surface area contributed by atoms with Crippen LogP contribution in [0.5, 0.6) is 5.75 Å². The minimum absolute atomic E-state index is 0.217. The molecule has 0 radical (unpaired) electrons. The standard InChI is InChI=1S/C25H34N4O2/c1-19(20-10-12-23(31-3)13-11-20)14-16-28-25(26-2)27-15-6-9-24(30)29-17-21-7-4-5-8-22(21)18-29/h4-5,7-8,10-13,19H,6,9,14-18H2,1-3H3,(H2,26,27,28). The Labute approximate surface area is 185 Å². The molecule has 0 saturated heterocycles. The normalized spacial score (nSPS) is 14.2. The van der Waals surface area contributed by atoms with Crippen LogP contribution >= 0.6 is 0 Å². The Morgan fingerprint density at radius 3 is 2.32 bits per heavy atom. The molecule has 2 N–H and O–H groups in total. The van der Waals surface area contributed by atoms with Crippen molar-refractivity contribution in [3.8, 4) is 5.75 Å². The molecule has 1 aliphatic heterocycles. The molecule has 0 aromatic heterocycles. The van der Waals surface area contributed by atoms with Crippen LogP contribution < -0.4 is 15.4 Å². The maximum Gasteiger partial charge on any atom is 0.223 e. The molecule has 2 aromatic carbocycles. The van der Waals surface area contributed by atoms with E-state index in [-0.39, 0.29) is 5.91 Å². The van der Waals surface area contributed by atoms with E-state index in [1.807, 2.05) is 29.2 Å². The van der Waals surface area contributed by atoms with Crippen molar-refractivity contribution in [1.29, 1.82) is 0 Å². The van der Waals surface area contributed by atoms with Crippen LogP contribution in [0.4, 0.5) is 0 Å². The van der Waals surface area contributed by atoms with Gasteiger partial charge in [-0.25, -0.2) is 0 Å². The van der Waals surface area contributed by atoms with Gasteiger partial charge in [-0.1, -0.05) is 43.3 Å². The zero-order chi connectivity index (χ0) is 22.1. The van der Waals surface area contributed by atoms with Crippen LogP contribution in [0.1, 0.15) is 48.8 Å². The van der Waals surface area contributed by atoms with E-state index in [1.54, 1.807) is 14.2 Å². The van der Waals surface area contributed by atoms with Gasteiger partial charge in [0.15, 0.2) is 5.96 Å². The first-order valence-electron chi connectivity index (χ1n) is 11.0. The van der Waals surface area contributed by atoms with E-state index in [0.717, 1.165) is 50.7 Å². The minimum atomic E-state index is 0.217. The van der Waals surface area contributed by atoms with Crippen LogP contribution in [-0.2, 0) is 17.9 Å². The Kier molecular flexibility index (Phi) is 8.33. The van der Waals surface area contributed by atoms with Crippen molar-refractivity contribution in [3.63, 3.8) is 0 Å². The van der Waals surface area contributed by atoms with Crippen molar-refractivity contribution >= 4 is 11.9 Å². The molecule has 1 heterocycles. The Bertz CT molecular complexity index is 854. The molecular weight excluding hydrogens is 388 g/mol. The number of methoxy groups -OCH3 is 1. The number of nitrogens with one attached hydrogen (secondary N) is 2. The first kappa shape index (κ1) is 22.7. The van der Waals surface area contributed by atoms with Crippen molar-refractivity contribution in [2.45, 2.75) is 45.2 Å².